The predicted octanol–water partition coefficient (Wildman–Crippen LogP) is 2.95. The van der Waals surface area contributed by atoms with Crippen LogP contribution in [0.4, 0.5) is 20.2 Å². The first-order chi connectivity index (χ1) is 12.2. The lowest BCUT2D eigenvalue weighted by molar-refractivity contribution is -0.117. The molecule has 0 saturated heterocycles. The number of carbonyl (C=O) groups is 2. The molecule has 0 bridgehead atoms. The molecule has 0 aromatic heterocycles. The predicted molar refractivity (Wildman–Crippen MR) is 97.1 cm³/mol. The topological polar surface area (TPSA) is 61.4 Å². The maximum absolute atomic E-state index is 13.2. The summed E-state index contributed by atoms with van der Waals surface area (Å²) < 4.78 is 26.1. The molecule has 0 aliphatic rings. The van der Waals surface area contributed by atoms with Crippen LogP contribution in [0, 0.1) is 18.6 Å². The van der Waals surface area contributed by atoms with Crippen LogP contribution in [0.3, 0.4) is 0 Å². The molecule has 7 heteroatoms. The molecule has 0 aliphatic carbocycles. The lowest BCUT2D eigenvalue weighted by Gasteiger charge is -2.13. The van der Waals surface area contributed by atoms with Gasteiger partial charge in [-0.05, 0) is 62.5 Å². The molecule has 0 aliphatic heterocycles. The van der Waals surface area contributed by atoms with Crippen LogP contribution in [0.15, 0.2) is 36.4 Å². The van der Waals surface area contributed by atoms with Crippen LogP contribution in [0.25, 0.3) is 0 Å². The Morgan fingerprint density at radius 3 is 2.31 bits per heavy atom. The third-order valence-corrected chi connectivity index (χ3v) is 3.59. The van der Waals surface area contributed by atoms with Crippen LogP contribution in [-0.4, -0.2) is 37.4 Å². The fourth-order valence-electron chi connectivity index (χ4n) is 2.40. The number of halogens is 2. The molecule has 138 valence electrons. The van der Waals surface area contributed by atoms with Crippen molar-refractivity contribution in [3.05, 3.63) is 59.2 Å². The van der Waals surface area contributed by atoms with Crippen LogP contribution in [0.1, 0.15) is 11.1 Å². The number of nitrogens with one attached hydrogen (secondary N) is 2. The molecule has 26 heavy (non-hydrogen) atoms. The molecular weight excluding hydrogens is 340 g/mol. The summed E-state index contributed by atoms with van der Waals surface area (Å²) in [7, 11) is 3.61. The summed E-state index contributed by atoms with van der Waals surface area (Å²) in [5, 5.41) is 5.50. The van der Waals surface area contributed by atoms with Crippen molar-refractivity contribution in [2.45, 2.75) is 13.3 Å². The standard InChI is InChI=1S/C19H21F2N3O2/c1-12-8-14(5-7-17(12)23-19(26)11-24(2)3)22-18(25)10-13-4-6-15(20)16(21)9-13/h4-9H,10-11H2,1-3H3,(H,22,25)(H,23,26). The Kier molecular flexibility index (Phi) is 6.41. The Morgan fingerprint density at radius 1 is 0.962 bits per heavy atom. The van der Waals surface area contributed by atoms with Gasteiger partial charge in [-0.3, -0.25) is 9.59 Å². The molecule has 0 spiro atoms. The Labute approximate surface area is 151 Å². The van der Waals surface area contributed by atoms with Gasteiger partial charge in [-0.2, -0.15) is 0 Å². The second-order valence-corrected chi connectivity index (χ2v) is 6.29. The van der Waals surface area contributed by atoms with Gasteiger partial charge in [0.2, 0.25) is 11.8 Å². The molecule has 5 nitrogen and oxygen atoms in total. The van der Waals surface area contributed by atoms with Crippen molar-refractivity contribution in [2.24, 2.45) is 0 Å². The fourth-order valence-corrected chi connectivity index (χ4v) is 2.40. The van der Waals surface area contributed by atoms with Crippen molar-refractivity contribution in [3.8, 4) is 0 Å². The van der Waals surface area contributed by atoms with E-state index in [0.29, 0.717) is 16.9 Å². The van der Waals surface area contributed by atoms with E-state index in [2.05, 4.69) is 10.6 Å². The van der Waals surface area contributed by atoms with Gasteiger partial charge in [0.25, 0.3) is 0 Å². The van der Waals surface area contributed by atoms with Crippen LogP contribution in [-0.2, 0) is 16.0 Å². The molecule has 0 fully saturated rings. The first-order valence-corrected chi connectivity index (χ1v) is 8.03. The minimum atomic E-state index is -0.982. The number of anilines is 2. The van der Waals surface area contributed by atoms with Crippen molar-refractivity contribution in [1.82, 2.24) is 4.90 Å². The molecule has 0 atom stereocenters. The monoisotopic (exact) mass is 361 g/mol. The first kappa shape index (κ1) is 19.5. The summed E-state index contributed by atoms with van der Waals surface area (Å²) in [6.45, 7) is 2.09. The number of rotatable bonds is 6. The molecule has 0 heterocycles. The maximum Gasteiger partial charge on any atom is 0.238 e. The first-order valence-electron chi connectivity index (χ1n) is 8.03. The van der Waals surface area contributed by atoms with E-state index >= 15 is 0 Å². The van der Waals surface area contributed by atoms with Gasteiger partial charge in [0, 0.05) is 11.4 Å². The van der Waals surface area contributed by atoms with Crippen molar-refractivity contribution in [1.29, 1.82) is 0 Å². The third-order valence-electron chi connectivity index (χ3n) is 3.59. The second-order valence-electron chi connectivity index (χ2n) is 6.29. The normalized spacial score (nSPS) is 10.7. The number of hydrogen-bond donors (Lipinski definition) is 2. The average Bonchev–Trinajstić information content (AvgIpc) is 2.53. The minimum Gasteiger partial charge on any atom is -0.326 e. The molecular formula is C19H21F2N3O2. The van der Waals surface area contributed by atoms with Gasteiger partial charge in [0.05, 0.1) is 13.0 Å². The Morgan fingerprint density at radius 2 is 1.69 bits per heavy atom. The SMILES string of the molecule is Cc1cc(NC(=O)Cc2ccc(F)c(F)c2)ccc1NC(=O)CN(C)C. The van der Waals surface area contributed by atoms with Gasteiger partial charge in [-0.1, -0.05) is 6.07 Å². The number of benzene rings is 2. The van der Waals surface area contributed by atoms with Gasteiger partial charge in [0.1, 0.15) is 0 Å². The Balaban J connectivity index is 1.99. The molecule has 2 amide bonds. The summed E-state index contributed by atoms with van der Waals surface area (Å²) in [6, 6.07) is 8.47. The van der Waals surface area contributed by atoms with E-state index in [1.165, 1.54) is 6.07 Å². The van der Waals surface area contributed by atoms with E-state index in [0.717, 1.165) is 17.7 Å². The zero-order chi connectivity index (χ0) is 19.3. The summed E-state index contributed by atoms with van der Waals surface area (Å²) in [5.41, 5.74) is 2.39. The summed E-state index contributed by atoms with van der Waals surface area (Å²) in [4.78, 5) is 25.6. The highest BCUT2D eigenvalue weighted by atomic mass is 19.2. The van der Waals surface area contributed by atoms with Crippen molar-refractivity contribution >= 4 is 23.2 Å². The smallest absolute Gasteiger partial charge is 0.238 e. The van der Waals surface area contributed by atoms with Gasteiger partial charge < -0.3 is 15.5 Å². The molecule has 0 saturated carbocycles. The van der Waals surface area contributed by atoms with Gasteiger partial charge in [-0.15, -0.1) is 0 Å². The van der Waals surface area contributed by atoms with Crippen molar-refractivity contribution in [2.75, 3.05) is 31.3 Å². The highest BCUT2D eigenvalue weighted by Gasteiger charge is 2.10. The quantitative estimate of drug-likeness (QED) is 0.832. The van der Waals surface area contributed by atoms with E-state index < -0.39 is 11.6 Å². The van der Waals surface area contributed by atoms with Crippen LogP contribution < -0.4 is 10.6 Å². The van der Waals surface area contributed by atoms with Gasteiger partial charge in [-0.25, -0.2) is 8.78 Å². The minimum absolute atomic E-state index is 0.0719. The highest BCUT2D eigenvalue weighted by Crippen LogP contribution is 2.20. The van der Waals surface area contributed by atoms with Crippen molar-refractivity contribution in [3.63, 3.8) is 0 Å². The number of hydrogen-bond acceptors (Lipinski definition) is 3. The van der Waals surface area contributed by atoms with E-state index in [4.69, 9.17) is 0 Å². The number of amides is 2. The van der Waals surface area contributed by atoms with E-state index in [-0.39, 0.29) is 24.8 Å². The highest BCUT2D eigenvalue weighted by molar-refractivity contribution is 5.95. The number of carbonyl (C=O) groups excluding carboxylic acids is 2. The summed E-state index contributed by atoms with van der Waals surface area (Å²) >= 11 is 0. The average molecular weight is 361 g/mol. The Hall–Kier alpha value is -2.80. The largest absolute Gasteiger partial charge is 0.326 e. The zero-order valence-electron chi connectivity index (χ0n) is 14.9. The lowest BCUT2D eigenvalue weighted by atomic mass is 10.1. The van der Waals surface area contributed by atoms with E-state index in [1.807, 2.05) is 6.92 Å². The number of likely N-dealkylation sites (N-methyl/N-ethyl adjacent to an activating group) is 1. The molecule has 2 rings (SSSR count). The van der Waals surface area contributed by atoms with E-state index in [9.17, 15) is 18.4 Å². The van der Waals surface area contributed by atoms with Gasteiger partial charge in [0.15, 0.2) is 11.6 Å². The molecule has 2 aromatic rings. The lowest BCUT2D eigenvalue weighted by Crippen LogP contribution is -2.27. The molecule has 2 N–H and O–H groups in total. The summed E-state index contributed by atoms with van der Waals surface area (Å²) in [6.07, 6.45) is -0.0719. The van der Waals surface area contributed by atoms with Crippen molar-refractivity contribution < 1.29 is 18.4 Å². The maximum atomic E-state index is 13.2. The van der Waals surface area contributed by atoms with Crippen LogP contribution in [0.5, 0.6) is 0 Å². The van der Waals surface area contributed by atoms with Gasteiger partial charge >= 0.3 is 0 Å². The zero-order valence-corrected chi connectivity index (χ0v) is 14.9. The molecule has 0 radical (unpaired) electrons. The number of nitrogens with zero attached hydrogens (tertiary/aromatic N) is 1. The van der Waals surface area contributed by atoms with Crippen LogP contribution in [0.2, 0.25) is 0 Å². The third kappa shape index (κ3) is 5.63. The van der Waals surface area contributed by atoms with E-state index in [1.54, 1.807) is 37.2 Å². The molecule has 0 unspecified atom stereocenters. The Bertz CT molecular complexity index is 822. The second kappa shape index (κ2) is 8.53. The molecule has 2 aromatic carbocycles. The fraction of sp³-hybridized carbons (Fsp3) is 0.263. The number of aryl methyl sites for hydroxylation is 1. The summed E-state index contributed by atoms with van der Waals surface area (Å²) in [5.74, 6) is -2.41. The van der Waals surface area contributed by atoms with Crippen LogP contribution >= 0.6 is 0 Å².